The molecule has 1 aromatic carbocycles. The van der Waals surface area contributed by atoms with Crippen LogP contribution < -0.4 is 5.48 Å². The highest BCUT2D eigenvalue weighted by atomic mass is 127. The Balaban J connectivity index is 1.90. The molecule has 0 spiro atoms. The summed E-state index contributed by atoms with van der Waals surface area (Å²) in [7, 11) is 0. The number of hydroxylamine groups is 1. The van der Waals surface area contributed by atoms with E-state index in [1.165, 1.54) is 0 Å². The number of halogens is 2. The van der Waals surface area contributed by atoms with Gasteiger partial charge in [0.15, 0.2) is 6.29 Å². The van der Waals surface area contributed by atoms with Gasteiger partial charge in [-0.3, -0.25) is 4.79 Å². The predicted octanol–water partition coefficient (Wildman–Crippen LogP) is 3.13. The van der Waals surface area contributed by atoms with Gasteiger partial charge in [0, 0.05) is 21.6 Å². The van der Waals surface area contributed by atoms with E-state index in [4.69, 9.17) is 21.2 Å². The van der Waals surface area contributed by atoms with Gasteiger partial charge >= 0.3 is 0 Å². The number of carbonyl (C=O) groups excluding carboxylic acids is 1. The van der Waals surface area contributed by atoms with Crippen LogP contribution in [0, 0.1) is 3.57 Å². The molecule has 0 radical (unpaired) electrons. The Labute approximate surface area is 124 Å². The second kappa shape index (κ2) is 6.70. The van der Waals surface area contributed by atoms with Crippen LogP contribution in [0.15, 0.2) is 18.2 Å². The maximum Gasteiger partial charge on any atom is 0.276 e. The first-order chi connectivity index (χ1) is 8.66. The average molecular weight is 382 g/mol. The normalized spacial score (nSPS) is 19.6. The Morgan fingerprint density at radius 1 is 1.50 bits per heavy atom. The fraction of sp³-hybridized carbons (Fsp3) is 0.417. The zero-order valence-electron chi connectivity index (χ0n) is 9.62. The van der Waals surface area contributed by atoms with Crippen LogP contribution in [-0.2, 0) is 9.57 Å². The number of nitrogens with one attached hydrogen (secondary N) is 1. The van der Waals surface area contributed by atoms with E-state index in [1.54, 1.807) is 18.2 Å². The van der Waals surface area contributed by atoms with Crippen molar-refractivity contribution in [2.45, 2.75) is 25.6 Å². The van der Waals surface area contributed by atoms with Crippen LogP contribution in [0.2, 0.25) is 5.02 Å². The van der Waals surface area contributed by atoms with Gasteiger partial charge in [0.05, 0.1) is 5.56 Å². The minimum Gasteiger partial charge on any atom is -0.350 e. The third kappa shape index (κ3) is 3.81. The molecule has 1 heterocycles. The van der Waals surface area contributed by atoms with E-state index in [0.29, 0.717) is 17.2 Å². The molecule has 0 bridgehead atoms. The Bertz CT molecular complexity index is 435. The molecule has 1 unspecified atom stereocenters. The van der Waals surface area contributed by atoms with Crippen molar-refractivity contribution in [1.82, 2.24) is 5.48 Å². The number of ether oxygens (including phenoxy) is 1. The van der Waals surface area contributed by atoms with Crippen molar-refractivity contribution in [2.24, 2.45) is 0 Å². The molecule has 1 fully saturated rings. The van der Waals surface area contributed by atoms with Crippen molar-refractivity contribution in [3.63, 3.8) is 0 Å². The molecule has 1 atom stereocenters. The van der Waals surface area contributed by atoms with E-state index in [0.717, 1.165) is 22.8 Å². The summed E-state index contributed by atoms with van der Waals surface area (Å²) < 4.78 is 6.14. The molecule has 6 heteroatoms. The van der Waals surface area contributed by atoms with Crippen molar-refractivity contribution >= 4 is 40.1 Å². The van der Waals surface area contributed by atoms with Gasteiger partial charge in [0.2, 0.25) is 0 Å². The van der Waals surface area contributed by atoms with E-state index in [2.05, 4.69) is 28.1 Å². The summed E-state index contributed by atoms with van der Waals surface area (Å²) in [5, 5.41) is 0.604. The lowest BCUT2D eigenvalue weighted by Gasteiger charge is -2.22. The second-order valence-corrected chi connectivity index (χ2v) is 5.57. The van der Waals surface area contributed by atoms with Crippen molar-refractivity contribution in [3.05, 3.63) is 32.4 Å². The first kappa shape index (κ1) is 14.0. The quantitative estimate of drug-likeness (QED) is 0.646. The van der Waals surface area contributed by atoms with Gasteiger partial charge in [-0.1, -0.05) is 11.6 Å². The van der Waals surface area contributed by atoms with Gasteiger partial charge < -0.3 is 4.74 Å². The molecule has 98 valence electrons. The van der Waals surface area contributed by atoms with Crippen molar-refractivity contribution in [2.75, 3.05) is 6.61 Å². The van der Waals surface area contributed by atoms with E-state index in [1.807, 2.05) is 0 Å². The lowest BCUT2D eigenvalue weighted by molar-refractivity contribution is -0.186. The minimum atomic E-state index is -0.340. The summed E-state index contributed by atoms with van der Waals surface area (Å²) >= 11 is 7.90. The summed E-state index contributed by atoms with van der Waals surface area (Å²) in [6.45, 7) is 0.680. The molecule has 0 aromatic heterocycles. The van der Waals surface area contributed by atoms with E-state index in [-0.39, 0.29) is 12.2 Å². The molecule has 1 aromatic rings. The highest BCUT2D eigenvalue weighted by molar-refractivity contribution is 14.1. The highest BCUT2D eigenvalue weighted by Gasteiger charge is 2.17. The van der Waals surface area contributed by atoms with Crippen LogP contribution in [0.4, 0.5) is 0 Å². The third-order valence-electron chi connectivity index (χ3n) is 2.60. The Kier molecular flexibility index (Phi) is 5.23. The zero-order chi connectivity index (χ0) is 13.0. The van der Waals surface area contributed by atoms with Gasteiger partial charge in [-0.2, -0.15) is 0 Å². The molecular weight excluding hydrogens is 368 g/mol. The van der Waals surface area contributed by atoms with Gasteiger partial charge in [-0.15, -0.1) is 0 Å². The molecule has 1 aliphatic heterocycles. The highest BCUT2D eigenvalue weighted by Crippen LogP contribution is 2.18. The Morgan fingerprint density at radius 2 is 2.33 bits per heavy atom. The van der Waals surface area contributed by atoms with Gasteiger partial charge in [0.1, 0.15) is 0 Å². The predicted molar refractivity (Wildman–Crippen MR) is 76.3 cm³/mol. The molecular formula is C12H13ClINO3. The Hall–Kier alpha value is -0.370. The fourth-order valence-electron chi connectivity index (χ4n) is 1.65. The number of benzene rings is 1. The van der Waals surface area contributed by atoms with Gasteiger partial charge in [0.25, 0.3) is 5.91 Å². The molecule has 2 rings (SSSR count). The van der Waals surface area contributed by atoms with Crippen LogP contribution in [0.5, 0.6) is 0 Å². The number of hydrogen-bond donors (Lipinski definition) is 1. The standard InChI is InChI=1S/C12H13ClINO3/c13-8-4-5-9(10(14)7-8)12(16)15-18-11-3-1-2-6-17-11/h4-5,7,11H,1-3,6H2,(H,15,16). The maximum absolute atomic E-state index is 11.9. The van der Waals surface area contributed by atoms with Crippen LogP contribution >= 0.6 is 34.2 Å². The van der Waals surface area contributed by atoms with Gasteiger partial charge in [-0.05, 0) is 53.6 Å². The first-order valence-electron chi connectivity index (χ1n) is 5.69. The third-order valence-corrected chi connectivity index (χ3v) is 3.72. The molecule has 1 saturated heterocycles. The van der Waals surface area contributed by atoms with E-state index < -0.39 is 0 Å². The molecule has 0 aliphatic carbocycles. The van der Waals surface area contributed by atoms with Crippen molar-refractivity contribution < 1.29 is 14.4 Å². The van der Waals surface area contributed by atoms with Crippen LogP contribution in [-0.4, -0.2) is 18.8 Å². The molecule has 1 aliphatic rings. The fourth-order valence-corrected chi connectivity index (χ4v) is 2.77. The monoisotopic (exact) mass is 381 g/mol. The van der Waals surface area contributed by atoms with E-state index in [9.17, 15) is 4.79 Å². The van der Waals surface area contributed by atoms with Crippen LogP contribution in [0.25, 0.3) is 0 Å². The number of hydrogen-bond acceptors (Lipinski definition) is 3. The molecule has 1 N–H and O–H groups in total. The molecule has 1 amide bonds. The number of amides is 1. The smallest absolute Gasteiger partial charge is 0.276 e. The SMILES string of the molecule is O=C(NOC1CCCCO1)c1ccc(Cl)cc1I. The molecule has 0 saturated carbocycles. The minimum absolute atomic E-state index is 0.287. The zero-order valence-corrected chi connectivity index (χ0v) is 12.5. The lowest BCUT2D eigenvalue weighted by Crippen LogP contribution is -2.33. The maximum atomic E-state index is 11.9. The topological polar surface area (TPSA) is 47.6 Å². The number of rotatable bonds is 3. The van der Waals surface area contributed by atoms with Gasteiger partial charge in [-0.25, -0.2) is 10.3 Å². The lowest BCUT2D eigenvalue weighted by atomic mass is 10.2. The average Bonchev–Trinajstić information content (AvgIpc) is 2.37. The Morgan fingerprint density at radius 3 is 3.00 bits per heavy atom. The summed E-state index contributed by atoms with van der Waals surface area (Å²) in [5.41, 5.74) is 2.95. The summed E-state index contributed by atoms with van der Waals surface area (Å²) in [6.07, 6.45) is 2.56. The second-order valence-electron chi connectivity index (χ2n) is 3.97. The van der Waals surface area contributed by atoms with E-state index >= 15 is 0 Å². The number of carbonyl (C=O) groups is 1. The van der Waals surface area contributed by atoms with Crippen molar-refractivity contribution in [3.8, 4) is 0 Å². The summed E-state index contributed by atoms with van der Waals surface area (Å²) in [6, 6.07) is 5.08. The summed E-state index contributed by atoms with van der Waals surface area (Å²) in [4.78, 5) is 17.1. The van der Waals surface area contributed by atoms with Crippen LogP contribution in [0.3, 0.4) is 0 Å². The molecule has 18 heavy (non-hydrogen) atoms. The summed E-state index contributed by atoms with van der Waals surface area (Å²) in [5.74, 6) is -0.287. The first-order valence-corrected chi connectivity index (χ1v) is 7.15. The van der Waals surface area contributed by atoms with Crippen molar-refractivity contribution in [1.29, 1.82) is 0 Å². The van der Waals surface area contributed by atoms with Crippen LogP contribution in [0.1, 0.15) is 29.6 Å². The largest absolute Gasteiger partial charge is 0.350 e. The molecule has 4 nitrogen and oxygen atoms in total.